The molecule has 0 spiro atoms. The highest BCUT2D eigenvalue weighted by Crippen LogP contribution is 2.22. The summed E-state index contributed by atoms with van der Waals surface area (Å²) in [6, 6.07) is 0. The molecular formula is C10H13ClN6. The first-order valence-electron chi connectivity index (χ1n) is 5.07. The molecule has 2 aromatic heterocycles. The zero-order valence-electron chi connectivity index (χ0n) is 9.61. The van der Waals surface area contributed by atoms with Crippen LogP contribution < -0.4 is 11.1 Å². The third-order valence-electron chi connectivity index (χ3n) is 2.62. The van der Waals surface area contributed by atoms with E-state index in [1.165, 1.54) is 6.33 Å². The van der Waals surface area contributed by atoms with Gasteiger partial charge in [0, 0.05) is 24.8 Å². The second-order valence-electron chi connectivity index (χ2n) is 3.66. The van der Waals surface area contributed by atoms with Crippen molar-refractivity contribution >= 4 is 23.1 Å². The molecule has 0 aliphatic rings. The molecule has 0 aromatic carbocycles. The van der Waals surface area contributed by atoms with Crippen LogP contribution in [0.1, 0.15) is 11.3 Å². The molecular weight excluding hydrogens is 240 g/mol. The van der Waals surface area contributed by atoms with Crippen molar-refractivity contribution in [2.45, 2.75) is 13.5 Å². The maximum absolute atomic E-state index is 5.80. The Morgan fingerprint density at radius 2 is 2.24 bits per heavy atom. The molecule has 2 heterocycles. The Morgan fingerprint density at radius 1 is 1.47 bits per heavy atom. The summed E-state index contributed by atoms with van der Waals surface area (Å²) in [6.07, 6.45) is 3.18. The highest BCUT2D eigenvalue weighted by atomic mass is 35.5. The molecule has 0 bridgehead atoms. The van der Waals surface area contributed by atoms with Gasteiger partial charge >= 0.3 is 0 Å². The summed E-state index contributed by atoms with van der Waals surface area (Å²) in [7, 11) is 1.90. The van der Waals surface area contributed by atoms with E-state index >= 15 is 0 Å². The van der Waals surface area contributed by atoms with E-state index < -0.39 is 0 Å². The lowest BCUT2D eigenvalue weighted by Gasteiger charge is -2.08. The summed E-state index contributed by atoms with van der Waals surface area (Å²) < 4.78 is 1.81. The van der Waals surface area contributed by atoms with Gasteiger partial charge in [0.1, 0.15) is 12.0 Å². The number of hydrogen-bond acceptors (Lipinski definition) is 5. The molecule has 0 aliphatic heterocycles. The largest absolute Gasteiger partial charge is 0.393 e. The van der Waals surface area contributed by atoms with Gasteiger partial charge in [-0.05, 0) is 6.92 Å². The minimum Gasteiger partial charge on any atom is -0.393 e. The fourth-order valence-electron chi connectivity index (χ4n) is 1.41. The lowest BCUT2D eigenvalue weighted by atomic mass is 10.2. The van der Waals surface area contributed by atoms with Crippen LogP contribution in [0.5, 0.6) is 0 Å². The van der Waals surface area contributed by atoms with Crippen LogP contribution in [-0.2, 0) is 13.6 Å². The summed E-state index contributed by atoms with van der Waals surface area (Å²) >= 11 is 5.80. The zero-order chi connectivity index (χ0) is 12.4. The number of aromatic nitrogens is 4. The van der Waals surface area contributed by atoms with E-state index in [1.54, 1.807) is 6.20 Å². The molecule has 0 aliphatic carbocycles. The van der Waals surface area contributed by atoms with Gasteiger partial charge in [0.15, 0.2) is 11.0 Å². The Bertz CT molecular complexity index is 536. The maximum Gasteiger partial charge on any atom is 0.157 e. The maximum atomic E-state index is 5.80. The highest BCUT2D eigenvalue weighted by molar-refractivity contribution is 6.32. The van der Waals surface area contributed by atoms with Crippen LogP contribution in [-0.4, -0.2) is 19.7 Å². The second-order valence-corrected chi connectivity index (χ2v) is 4.02. The monoisotopic (exact) mass is 252 g/mol. The molecule has 90 valence electrons. The first kappa shape index (κ1) is 11.7. The third kappa shape index (κ3) is 2.31. The quantitative estimate of drug-likeness (QED) is 0.807. The average molecular weight is 253 g/mol. The van der Waals surface area contributed by atoms with Crippen LogP contribution in [0.15, 0.2) is 12.5 Å². The summed E-state index contributed by atoms with van der Waals surface area (Å²) in [5.74, 6) is 0.535. The zero-order valence-corrected chi connectivity index (χ0v) is 10.4. The average Bonchev–Trinajstić information content (AvgIpc) is 2.62. The molecule has 3 N–H and O–H groups in total. The summed E-state index contributed by atoms with van der Waals surface area (Å²) in [5, 5.41) is 7.52. The fraction of sp³-hybridized carbons (Fsp3) is 0.300. The van der Waals surface area contributed by atoms with E-state index in [0.717, 1.165) is 11.3 Å². The van der Waals surface area contributed by atoms with Crippen LogP contribution in [0.2, 0.25) is 5.15 Å². The Morgan fingerprint density at radius 3 is 2.88 bits per heavy atom. The standard InChI is InChI=1S/C10H13ClN6/c1-6-7(4-16-17(6)2)3-13-10-8(12)9(11)14-5-15-10/h4-5H,3,12H2,1-2H3,(H,13,14,15). The van der Waals surface area contributed by atoms with Gasteiger partial charge in [0.2, 0.25) is 0 Å². The smallest absolute Gasteiger partial charge is 0.157 e. The minimum atomic E-state index is 0.255. The normalized spacial score (nSPS) is 10.5. The summed E-state index contributed by atoms with van der Waals surface area (Å²) in [6.45, 7) is 2.59. The molecule has 2 rings (SSSR count). The number of halogens is 1. The van der Waals surface area contributed by atoms with Crippen molar-refractivity contribution in [2.75, 3.05) is 11.1 Å². The van der Waals surface area contributed by atoms with Gasteiger partial charge in [-0.25, -0.2) is 9.97 Å². The van der Waals surface area contributed by atoms with Crippen LogP contribution >= 0.6 is 11.6 Å². The molecule has 0 amide bonds. The number of nitrogens with two attached hydrogens (primary N) is 1. The first-order valence-corrected chi connectivity index (χ1v) is 5.44. The SMILES string of the molecule is Cc1c(CNc2ncnc(Cl)c2N)cnn1C. The Kier molecular flexibility index (Phi) is 3.14. The molecule has 0 radical (unpaired) electrons. The van der Waals surface area contributed by atoms with Crippen molar-refractivity contribution < 1.29 is 0 Å². The molecule has 0 atom stereocenters. The second kappa shape index (κ2) is 4.58. The number of rotatable bonds is 3. The summed E-state index contributed by atoms with van der Waals surface area (Å²) in [5.41, 5.74) is 8.29. The molecule has 0 saturated carbocycles. The Balaban J connectivity index is 2.13. The van der Waals surface area contributed by atoms with Crippen molar-refractivity contribution in [2.24, 2.45) is 7.05 Å². The number of hydrogen-bond donors (Lipinski definition) is 2. The molecule has 6 nitrogen and oxygen atoms in total. The molecule has 2 aromatic rings. The van der Waals surface area contributed by atoms with E-state index in [4.69, 9.17) is 17.3 Å². The molecule has 7 heteroatoms. The van der Waals surface area contributed by atoms with Crippen LogP contribution in [0.3, 0.4) is 0 Å². The van der Waals surface area contributed by atoms with Gasteiger partial charge in [0.25, 0.3) is 0 Å². The lowest BCUT2D eigenvalue weighted by Crippen LogP contribution is -2.06. The topological polar surface area (TPSA) is 81.7 Å². The number of nitrogens with zero attached hydrogens (tertiary/aromatic N) is 4. The summed E-state index contributed by atoms with van der Waals surface area (Å²) in [4.78, 5) is 7.82. The van der Waals surface area contributed by atoms with Crippen LogP contribution in [0.4, 0.5) is 11.5 Å². The van der Waals surface area contributed by atoms with Gasteiger partial charge in [0.05, 0.1) is 6.20 Å². The van der Waals surface area contributed by atoms with Crippen LogP contribution in [0, 0.1) is 6.92 Å². The number of anilines is 2. The predicted octanol–water partition coefficient (Wildman–Crippen LogP) is 1.37. The van der Waals surface area contributed by atoms with Gasteiger partial charge in [-0.3, -0.25) is 4.68 Å². The van der Waals surface area contributed by atoms with Crippen molar-refractivity contribution in [3.8, 4) is 0 Å². The lowest BCUT2D eigenvalue weighted by molar-refractivity contribution is 0.738. The minimum absolute atomic E-state index is 0.255. The predicted molar refractivity (Wildman–Crippen MR) is 66.7 cm³/mol. The van der Waals surface area contributed by atoms with Gasteiger partial charge < -0.3 is 11.1 Å². The molecule has 0 saturated heterocycles. The number of nitrogens with one attached hydrogen (secondary N) is 1. The number of aryl methyl sites for hydroxylation is 1. The van der Waals surface area contributed by atoms with Crippen molar-refractivity contribution in [1.82, 2.24) is 19.7 Å². The van der Waals surface area contributed by atoms with Crippen molar-refractivity contribution in [1.29, 1.82) is 0 Å². The van der Waals surface area contributed by atoms with E-state index in [2.05, 4.69) is 20.4 Å². The van der Waals surface area contributed by atoms with Gasteiger partial charge in [-0.1, -0.05) is 11.6 Å². The molecule has 0 unspecified atom stereocenters. The van der Waals surface area contributed by atoms with Gasteiger partial charge in [-0.2, -0.15) is 5.10 Å². The van der Waals surface area contributed by atoms with E-state index in [-0.39, 0.29) is 5.15 Å². The number of nitrogen functional groups attached to an aromatic ring is 1. The van der Waals surface area contributed by atoms with Crippen molar-refractivity contribution in [3.05, 3.63) is 28.9 Å². The van der Waals surface area contributed by atoms with Gasteiger partial charge in [-0.15, -0.1) is 0 Å². The Hall–Kier alpha value is -1.82. The third-order valence-corrected chi connectivity index (χ3v) is 2.92. The molecule has 0 fully saturated rings. The molecule has 17 heavy (non-hydrogen) atoms. The van der Waals surface area contributed by atoms with E-state index in [0.29, 0.717) is 18.1 Å². The van der Waals surface area contributed by atoms with E-state index in [1.807, 2.05) is 18.7 Å². The fourth-order valence-corrected chi connectivity index (χ4v) is 1.54. The van der Waals surface area contributed by atoms with E-state index in [9.17, 15) is 0 Å². The highest BCUT2D eigenvalue weighted by Gasteiger charge is 2.07. The first-order chi connectivity index (χ1) is 8.09. The van der Waals surface area contributed by atoms with Crippen molar-refractivity contribution in [3.63, 3.8) is 0 Å². The Labute approximate surface area is 104 Å². The van der Waals surface area contributed by atoms with Crippen LogP contribution in [0.25, 0.3) is 0 Å².